The number of nitrogen functional groups attached to an aromatic ring is 1. The molecule has 0 saturated carbocycles. The highest BCUT2D eigenvalue weighted by atomic mass is 35.5. The van der Waals surface area contributed by atoms with Crippen molar-refractivity contribution in [2.24, 2.45) is 0 Å². The van der Waals surface area contributed by atoms with E-state index in [9.17, 15) is 4.79 Å². The van der Waals surface area contributed by atoms with E-state index in [1.54, 1.807) is 24.3 Å². The minimum absolute atomic E-state index is 0.239. The first-order chi connectivity index (χ1) is 10.0. The molecule has 21 heavy (non-hydrogen) atoms. The van der Waals surface area contributed by atoms with Crippen molar-refractivity contribution in [3.8, 4) is 11.5 Å². The summed E-state index contributed by atoms with van der Waals surface area (Å²) in [4.78, 5) is 18.3. The molecule has 0 bridgehead atoms. The number of halogens is 1. The molecule has 3 aromatic rings. The highest BCUT2D eigenvalue weighted by molar-refractivity contribution is 6.30. The van der Waals surface area contributed by atoms with Gasteiger partial charge in [-0.3, -0.25) is 4.79 Å². The first kappa shape index (κ1) is 13.5. The Morgan fingerprint density at radius 2 is 2.05 bits per heavy atom. The van der Waals surface area contributed by atoms with Gasteiger partial charge in [0.15, 0.2) is 5.75 Å². The topological polar surface area (TPSA) is 81.0 Å². The molecule has 2 aromatic carbocycles. The van der Waals surface area contributed by atoms with Crippen LogP contribution in [-0.4, -0.2) is 9.97 Å². The van der Waals surface area contributed by atoms with Crippen LogP contribution in [0.25, 0.3) is 10.9 Å². The SMILES string of the molecule is Cc1ccc(Cl)cc1Oc1cc2nc[nH]c(=O)c2cc1N. The number of anilines is 1. The van der Waals surface area contributed by atoms with Gasteiger partial charge in [-0.2, -0.15) is 0 Å². The van der Waals surface area contributed by atoms with Crippen LogP contribution < -0.4 is 16.0 Å². The van der Waals surface area contributed by atoms with Crippen LogP contribution in [0.15, 0.2) is 41.5 Å². The number of nitrogens with one attached hydrogen (secondary N) is 1. The van der Waals surface area contributed by atoms with Crippen molar-refractivity contribution in [1.82, 2.24) is 9.97 Å². The van der Waals surface area contributed by atoms with Crippen LogP contribution in [0.1, 0.15) is 5.56 Å². The van der Waals surface area contributed by atoms with Gasteiger partial charge >= 0.3 is 0 Å². The summed E-state index contributed by atoms with van der Waals surface area (Å²) in [6.45, 7) is 1.91. The van der Waals surface area contributed by atoms with Crippen molar-refractivity contribution < 1.29 is 4.74 Å². The third-order valence-corrected chi connectivity index (χ3v) is 3.38. The number of aryl methyl sites for hydroxylation is 1. The molecule has 0 amide bonds. The Balaban J connectivity index is 2.10. The second-order valence-electron chi connectivity index (χ2n) is 4.65. The molecule has 0 fully saturated rings. The highest BCUT2D eigenvalue weighted by Crippen LogP contribution is 2.33. The quantitative estimate of drug-likeness (QED) is 0.712. The van der Waals surface area contributed by atoms with Gasteiger partial charge < -0.3 is 15.5 Å². The Bertz CT molecular complexity index is 890. The Labute approximate surface area is 125 Å². The number of H-pyrrole nitrogens is 1. The zero-order valence-corrected chi connectivity index (χ0v) is 11.9. The Kier molecular flexibility index (Phi) is 3.27. The van der Waals surface area contributed by atoms with Gasteiger partial charge in [-0.25, -0.2) is 4.98 Å². The Hall–Kier alpha value is -2.53. The molecule has 3 rings (SSSR count). The van der Waals surface area contributed by atoms with Crippen LogP contribution in [0, 0.1) is 6.92 Å². The van der Waals surface area contributed by atoms with Crippen LogP contribution in [0.2, 0.25) is 5.02 Å². The van der Waals surface area contributed by atoms with Crippen molar-refractivity contribution in [3.05, 3.63) is 57.6 Å². The van der Waals surface area contributed by atoms with Gasteiger partial charge in [-0.15, -0.1) is 0 Å². The fourth-order valence-corrected chi connectivity index (χ4v) is 2.17. The van der Waals surface area contributed by atoms with Gasteiger partial charge in [0, 0.05) is 11.1 Å². The second kappa shape index (κ2) is 5.10. The summed E-state index contributed by atoms with van der Waals surface area (Å²) in [5.41, 5.74) is 7.52. The third-order valence-electron chi connectivity index (χ3n) is 3.14. The van der Waals surface area contributed by atoms with Crippen molar-refractivity contribution in [1.29, 1.82) is 0 Å². The molecule has 0 spiro atoms. The number of hydrogen-bond donors (Lipinski definition) is 2. The summed E-state index contributed by atoms with van der Waals surface area (Å²) in [5.74, 6) is 1.05. The zero-order chi connectivity index (χ0) is 15.0. The molecule has 0 aliphatic heterocycles. The molecule has 1 heterocycles. The Morgan fingerprint density at radius 3 is 2.86 bits per heavy atom. The lowest BCUT2D eigenvalue weighted by atomic mass is 10.2. The standard InChI is InChI=1S/C15H12ClN3O2/c1-8-2-3-9(16)4-13(8)21-14-6-12-10(5-11(14)17)15(20)19-7-18-12/h2-7H,17H2,1H3,(H,18,19,20). The number of benzene rings is 2. The van der Waals surface area contributed by atoms with Crippen LogP contribution in [-0.2, 0) is 0 Å². The van der Waals surface area contributed by atoms with Crippen molar-refractivity contribution in [3.63, 3.8) is 0 Å². The average Bonchev–Trinajstić information content (AvgIpc) is 2.45. The summed E-state index contributed by atoms with van der Waals surface area (Å²) in [7, 11) is 0. The van der Waals surface area contributed by atoms with E-state index in [-0.39, 0.29) is 5.56 Å². The van der Waals surface area contributed by atoms with Gasteiger partial charge in [-0.1, -0.05) is 17.7 Å². The van der Waals surface area contributed by atoms with Gasteiger partial charge in [0.1, 0.15) is 5.75 Å². The van der Waals surface area contributed by atoms with Gasteiger partial charge in [0.05, 0.1) is 22.9 Å². The van der Waals surface area contributed by atoms with E-state index in [0.29, 0.717) is 33.1 Å². The number of aromatic nitrogens is 2. The first-order valence-corrected chi connectivity index (χ1v) is 6.63. The Morgan fingerprint density at radius 1 is 1.24 bits per heavy atom. The van der Waals surface area contributed by atoms with E-state index in [2.05, 4.69) is 9.97 Å². The van der Waals surface area contributed by atoms with E-state index in [1.807, 2.05) is 13.0 Å². The normalized spacial score (nSPS) is 10.8. The van der Waals surface area contributed by atoms with Gasteiger partial charge in [0.2, 0.25) is 0 Å². The summed E-state index contributed by atoms with van der Waals surface area (Å²) in [6, 6.07) is 8.55. The monoisotopic (exact) mass is 301 g/mol. The molecule has 0 saturated heterocycles. The lowest BCUT2D eigenvalue weighted by Gasteiger charge is -2.11. The van der Waals surface area contributed by atoms with Crippen molar-refractivity contribution in [2.75, 3.05) is 5.73 Å². The van der Waals surface area contributed by atoms with E-state index >= 15 is 0 Å². The van der Waals surface area contributed by atoms with E-state index in [1.165, 1.54) is 6.33 Å². The largest absolute Gasteiger partial charge is 0.455 e. The maximum atomic E-state index is 11.7. The molecule has 3 N–H and O–H groups in total. The molecular weight excluding hydrogens is 290 g/mol. The van der Waals surface area contributed by atoms with Crippen LogP contribution >= 0.6 is 11.6 Å². The number of nitrogens with two attached hydrogens (primary N) is 1. The number of rotatable bonds is 2. The fourth-order valence-electron chi connectivity index (χ4n) is 2.00. The highest BCUT2D eigenvalue weighted by Gasteiger charge is 2.09. The number of aromatic amines is 1. The number of nitrogens with zero attached hydrogens (tertiary/aromatic N) is 1. The molecule has 0 radical (unpaired) electrons. The molecule has 6 heteroatoms. The minimum Gasteiger partial charge on any atom is -0.455 e. The molecule has 0 aliphatic carbocycles. The molecule has 0 unspecified atom stereocenters. The maximum Gasteiger partial charge on any atom is 0.258 e. The molecule has 0 aliphatic rings. The molecule has 1 aromatic heterocycles. The summed E-state index contributed by atoms with van der Waals surface area (Å²) in [5, 5.41) is 0.995. The van der Waals surface area contributed by atoms with Gasteiger partial charge in [-0.05, 0) is 30.7 Å². The van der Waals surface area contributed by atoms with Crippen LogP contribution in [0.5, 0.6) is 11.5 Å². The summed E-state index contributed by atoms with van der Waals surface area (Å²) in [6.07, 6.45) is 1.34. The zero-order valence-electron chi connectivity index (χ0n) is 11.2. The number of fused-ring (bicyclic) bond motifs is 1. The second-order valence-corrected chi connectivity index (χ2v) is 5.09. The van der Waals surface area contributed by atoms with E-state index in [0.717, 1.165) is 5.56 Å². The predicted molar refractivity (Wildman–Crippen MR) is 83.0 cm³/mol. The molecule has 106 valence electrons. The predicted octanol–water partition coefficient (Wildman–Crippen LogP) is 3.26. The number of hydrogen-bond acceptors (Lipinski definition) is 4. The van der Waals surface area contributed by atoms with Crippen molar-refractivity contribution >= 4 is 28.2 Å². The minimum atomic E-state index is -0.239. The lowest BCUT2D eigenvalue weighted by Crippen LogP contribution is -2.07. The third kappa shape index (κ3) is 2.55. The van der Waals surface area contributed by atoms with Gasteiger partial charge in [0.25, 0.3) is 5.56 Å². The molecular formula is C15H12ClN3O2. The fraction of sp³-hybridized carbons (Fsp3) is 0.0667. The van der Waals surface area contributed by atoms with Crippen LogP contribution in [0.4, 0.5) is 5.69 Å². The average molecular weight is 302 g/mol. The smallest absolute Gasteiger partial charge is 0.258 e. The molecule has 5 nitrogen and oxygen atoms in total. The van der Waals surface area contributed by atoms with Crippen LogP contribution in [0.3, 0.4) is 0 Å². The van der Waals surface area contributed by atoms with E-state index in [4.69, 9.17) is 22.1 Å². The van der Waals surface area contributed by atoms with E-state index < -0.39 is 0 Å². The molecule has 0 atom stereocenters. The first-order valence-electron chi connectivity index (χ1n) is 6.25. The summed E-state index contributed by atoms with van der Waals surface area (Å²) < 4.78 is 5.81. The maximum absolute atomic E-state index is 11.7. The summed E-state index contributed by atoms with van der Waals surface area (Å²) >= 11 is 5.97. The number of ether oxygens (including phenoxy) is 1. The van der Waals surface area contributed by atoms with Crippen molar-refractivity contribution in [2.45, 2.75) is 6.92 Å². The lowest BCUT2D eigenvalue weighted by molar-refractivity contribution is 0.482.